The van der Waals surface area contributed by atoms with Crippen LogP contribution < -0.4 is 0 Å². The van der Waals surface area contributed by atoms with E-state index in [0.29, 0.717) is 6.42 Å². The van der Waals surface area contributed by atoms with E-state index in [0.717, 1.165) is 5.56 Å². The first-order valence-electron chi connectivity index (χ1n) is 4.99. The zero-order valence-electron chi connectivity index (χ0n) is 8.84. The Morgan fingerprint density at radius 3 is 2.50 bits per heavy atom. The van der Waals surface area contributed by atoms with E-state index >= 15 is 0 Å². The van der Waals surface area contributed by atoms with Gasteiger partial charge in [0.1, 0.15) is 0 Å². The van der Waals surface area contributed by atoms with Gasteiger partial charge in [-0.1, -0.05) is 30.3 Å². The van der Waals surface area contributed by atoms with Crippen molar-refractivity contribution in [2.75, 3.05) is 7.11 Å². The second-order valence-electron chi connectivity index (χ2n) is 3.94. The van der Waals surface area contributed by atoms with E-state index in [1.165, 1.54) is 7.11 Å². The maximum absolute atomic E-state index is 11.5. The summed E-state index contributed by atoms with van der Waals surface area (Å²) in [6, 6.07) is 9.18. The number of rotatable bonds is 3. The standard InChI is InChI=1S/C12H12O4/c1-16-11(15)12(10(13)14)7-9(12)8-5-3-2-4-6-8/h2-6,9H,7H2,1H3,(H,13,14)/t9-,12-/m0/s1. The Morgan fingerprint density at radius 1 is 1.38 bits per heavy atom. The number of methoxy groups -OCH3 is 1. The first-order valence-corrected chi connectivity index (χ1v) is 4.99. The third-order valence-corrected chi connectivity index (χ3v) is 3.09. The molecule has 2 atom stereocenters. The summed E-state index contributed by atoms with van der Waals surface area (Å²) in [7, 11) is 1.22. The topological polar surface area (TPSA) is 63.6 Å². The van der Waals surface area contributed by atoms with Gasteiger partial charge in [0.2, 0.25) is 0 Å². The van der Waals surface area contributed by atoms with Crippen molar-refractivity contribution in [3.63, 3.8) is 0 Å². The van der Waals surface area contributed by atoms with Crippen molar-refractivity contribution in [2.24, 2.45) is 5.41 Å². The first kappa shape index (κ1) is 10.7. The van der Waals surface area contributed by atoms with Crippen LogP contribution in [0.2, 0.25) is 0 Å². The van der Waals surface area contributed by atoms with Crippen LogP contribution in [0.4, 0.5) is 0 Å². The van der Waals surface area contributed by atoms with Gasteiger partial charge < -0.3 is 9.84 Å². The molecule has 16 heavy (non-hydrogen) atoms. The molecule has 0 aromatic heterocycles. The Balaban J connectivity index is 2.30. The maximum atomic E-state index is 11.5. The first-order chi connectivity index (χ1) is 7.63. The Morgan fingerprint density at radius 2 is 2.00 bits per heavy atom. The molecule has 1 aromatic carbocycles. The van der Waals surface area contributed by atoms with Gasteiger partial charge in [-0.2, -0.15) is 0 Å². The predicted molar refractivity (Wildman–Crippen MR) is 55.9 cm³/mol. The number of aliphatic carboxylic acids is 1. The highest BCUT2D eigenvalue weighted by Crippen LogP contribution is 2.60. The average Bonchev–Trinajstić information content (AvgIpc) is 3.06. The summed E-state index contributed by atoms with van der Waals surface area (Å²) in [5.74, 6) is -2.03. The molecule has 2 rings (SSSR count). The lowest BCUT2D eigenvalue weighted by atomic mass is 9.99. The smallest absolute Gasteiger partial charge is 0.323 e. The fraction of sp³-hybridized carbons (Fsp3) is 0.333. The van der Waals surface area contributed by atoms with Crippen LogP contribution in [-0.4, -0.2) is 24.2 Å². The van der Waals surface area contributed by atoms with E-state index in [2.05, 4.69) is 4.74 Å². The molecule has 0 saturated heterocycles. The minimum Gasteiger partial charge on any atom is -0.480 e. The van der Waals surface area contributed by atoms with Crippen molar-refractivity contribution in [1.29, 1.82) is 0 Å². The average molecular weight is 220 g/mol. The molecule has 1 aliphatic rings. The van der Waals surface area contributed by atoms with Gasteiger partial charge >= 0.3 is 11.9 Å². The van der Waals surface area contributed by atoms with Crippen molar-refractivity contribution in [1.82, 2.24) is 0 Å². The number of carbonyl (C=O) groups excluding carboxylic acids is 1. The fourth-order valence-corrected chi connectivity index (χ4v) is 2.08. The number of carbonyl (C=O) groups is 2. The van der Waals surface area contributed by atoms with Crippen molar-refractivity contribution in [2.45, 2.75) is 12.3 Å². The van der Waals surface area contributed by atoms with Crippen molar-refractivity contribution >= 4 is 11.9 Å². The van der Waals surface area contributed by atoms with E-state index in [4.69, 9.17) is 5.11 Å². The Hall–Kier alpha value is -1.84. The molecule has 4 heteroatoms. The Bertz CT molecular complexity index is 426. The summed E-state index contributed by atoms with van der Waals surface area (Å²) in [6.07, 6.45) is 0.318. The van der Waals surface area contributed by atoms with Gasteiger partial charge in [-0.05, 0) is 12.0 Å². The van der Waals surface area contributed by atoms with Gasteiger partial charge in [0.05, 0.1) is 7.11 Å². The van der Waals surface area contributed by atoms with E-state index in [-0.39, 0.29) is 5.92 Å². The molecule has 0 radical (unpaired) electrons. The molecule has 0 aliphatic heterocycles. The lowest BCUT2D eigenvalue weighted by Crippen LogP contribution is -2.28. The van der Waals surface area contributed by atoms with E-state index in [9.17, 15) is 9.59 Å². The fourth-order valence-electron chi connectivity index (χ4n) is 2.08. The largest absolute Gasteiger partial charge is 0.480 e. The number of hydrogen-bond acceptors (Lipinski definition) is 3. The van der Waals surface area contributed by atoms with E-state index < -0.39 is 17.4 Å². The highest BCUT2D eigenvalue weighted by atomic mass is 16.5. The monoisotopic (exact) mass is 220 g/mol. The molecule has 1 fully saturated rings. The zero-order chi connectivity index (χ0) is 11.8. The van der Waals surface area contributed by atoms with Crippen LogP contribution in [0.5, 0.6) is 0 Å². The minimum absolute atomic E-state index is 0.265. The second-order valence-corrected chi connectivity index (χ2v) is 3.94. The van der Waals surface area contributed by atoms with Crippen LogP contribution in [0.1, 0.15) is 17.9 Å². The summed E-state index contributed by atoms with van der Waals surface area (Å²) in [5, 5.41) is 9.14. The summed E-state index contributed by atoms with van der Waals surface area (Å²) in [6.45, 7) is 0. The van der Waals surface area contributed by atoms with E-state index in [1.807, 2.05) is 30.3 Å². The number of carboxylic acids is 1. The third kappa shape index (κ3) is 1.38. The normalized spacial score (nSPS) is 27.2. The molecule has 1 aromatic rings. The van der Waals surface area contributed by atoms with Gasteiger partial charge in [0.15, 0.2) is 5.41 Å². The van der Waals surface area contributed by atoms with Crippen LogP contribution in [0, 0.1) is 5.41 Å². The number of esters is 1. The van der Waals surface area contributed by atoms with Crippen molar-refractivity contribution < 1.29 is 19.4 Å². The Kier molecular flexibility index (Phi) is 2.42. The highest BCUT2D eigenvalue weighted by molar-refractivity contribution is 6.04. The Labute approximate surface area is 92.8 Å². The van der Waals surface area contributed by atoms with Crippen LogP contribution in [-0.2, 0) is 14.3 Å². The molecule has 1 saturated carbocycles. The molecular weight excluding hydrogens is 208 g/mol. The molecule has 0 heterocycles. The van der Waals surface area contributed by atoms with Crippen LogP contribution in [0.3, 0.4) is 0 Å². The van der Waals surface area contributed by atoms with Gasteiger partial charge in [0, 0.05) is 5.92 Å². The summed E-state index contributed by atoms with van der Waals surface area (Å²) in [4.78, 5) is 22.7. The minimum atomic E-state index is -1.36. The highest BCUT2D eigenvalue weighted by Gasteiger charge is 2.67. The number of ether oxygens (including phenoxy) is 1. The van der Waals surface area contributed by atoms with Crippen LogP contribution >= 0.6 is 0 Å². The predicted octanol–water partition coefficient (Wildman–Crippen LogP) is 1.42. The second kappa shape index (κ2) is 3.63. The van der Waals surface area contributed by atoms with Crippen LogP contribution in [0.15, 0.2) is 30.3 Å². The molecule has 0 spiro atoms. The zero-order valence-corrected chi connectivity index (χ0v) is 8.84. The van der Waals surface area contributed by atoms with Gasteiger partial charge in [-0.3, -0.25) is 9.59 Å². The number of hydrogen-bond donors (Lipinski definition) is 1. The van der Waals surface area contributed by atoms with Gasteiger partial charge in [-0.15, -0.1) is 0 Å². The molecule has 0 unspecified atom stereocenters. The maximum Gasteiger partial charge on any atom is 0.323 e. The summed E-state index contributed by atoms with van der Waals surface area (Å²) < 4.78 is 4.57. The third-order valence-electron chi connectivity index (χ3n) is 3.09. The molecule has 0 bridgehead atoms. The number of benzene rings is 1. The summed E-state index contributed by atoms with van der Waals surface area (Å²) in [5.41, 5.74) is -0.494. The van der Waals surface area contributed by atoms with Crippen molar-refractivity contribution in [3.05, 3.63) is 35.9 Å². The SMILES string of the molecule is COC(=O)[C@@]1(C(=O)O)C[C@H]1c1ccccc1. The number of carboxylic acid groups (broad SMARTS) is 1. The molecule has 0 amide bonds. The quantitative estimate of drug-likeness (QED) is 0.618. The molecule has 84 valence electrons. The molecule has 4 nitrogen and oxygen atoms in total. The van der Waals surface area contributed by atoms with Crippen LogP contribution in [0.25, 0.3) is 0 Å². The lowest BCUT2D eigenvalue weighted by molar-refractivity contribution is -0.159. The molecule has 1 aliphatic carbocycles. The molecule has 1 N–H and O–H groups in total. The lowest BCUT2D eigenvalue weighted by Gasteiger charge is -2.09. The van der Waals surface area contributed by atoms with E-state index in [1.54, 1.807) is 0 Å². The van der Waals surface area contributed by atoms with Crippen molar-refractivity contribution in [3.8, 4) is 0 Å². The van der Waals surface area contributed by atoms with Gasteiger partial charge in [0.25, 0.3) is 0 Å². The molecular formula is C12H12O4. The van der Waals surface area contributed by atoms with Gasteiger partial charge in [-0.25, -0.2) is 0 Å². The summed E-state index contributed by atoms with van der Waals surface area (Å²) >= 11 is 0.